The number of carbonyl (C=O) groups excluding carboxylic acids is 1. The number of rotatable bonds is 6. The Morgan fingerprint density at radius 1 is 1.40 bits per heavy atom. The zero-order chi connectivity index (χ0) is 18.2. The molecule has 2 N–H and O–H groups in total. The number of aliphatic hydroxyl groups is 2. The van der Waals surface area contributed by atoms with Crippen LogP contribution in [-0.2, 0) is 16.6 Å². The minimum Gasteiger partial charge on any atom is -0.497 e. The lowest BCUT2D eigenvalue weighted by molar-refractivity contribution is -0.125. The average Bonchev–Trinajstić information content (AvgIpc) is 2.89. The lowest BCUT2D eigenvalue weighted by atomic mass is 9.67. The molecule has 1 aromatic rings. The molecule has 1 aromatic carbocycles. The molecule has 3 unspecified atom stereocenters. The van der Waals surface area contributed by atoms with Crippen molar-refractivity contribution in [2.24, 2.45) is 5.92 Å². The van der Waals surface area contributed by atoms with Crippen molar-refractivity contribution in [3.63, 3.8) is 0 Å². The molecule has 5 nitrogen and oxygen atoms in total. The van der Waals surface area contributed by atoms with Crippen molar-refractivity contribution in [1.29, 1.82) is 0 Å². The summed E-state index contributed by atoms with van der Waals surface area (Å²) >= 11 is 0. The van der Waals surface area contributed by atoms with Crippen LogP contribution < -0.4 is 4.74 Å². The number of ether oxygens (including phenoxy) is 1. The first-order chi connectivity index (χ1) is 11.9. The summed E-state index contributed by atoms with van der Waals surface area (Å²) in [6.07, 6.45) is 4.17. The van der Waals surface area contributed by atoms with Gasteiger partial charge in [0.15, 0.2) is 0 Å². The van der Waals surface area contributed by atoms with Gasteiger partial charge in [-0.3, -0.25) is 4.79 Å². The van der Waals surface area contributed by atoms with E-state index >= 15 is 0 Å². The van der Waals surface area contributed by atoms with Crippen molar-refractivity contribution in [2.45, 2.75) is 44.1 Å². The van der Waals surface area contributed by atoms with Gasteiger partial charge in [0, 0.05) is 24.6 Å². The van der Waals surface area contributed by atoms with E-state index in [2.05, 4.69) is 18.2 Å². The first kappa shape index (κ1) is 18.0. The molecule has 136 valence electrons. The molecule has 1 amide bonds. The third-order valence-corrected chi connectivity index (χ3v) is 5.90. The van der Waals surface area contributed by atoms with Crippen LogP contribution in [0.5, 0.6) is 5.75 Å². The predicted octanol–water partition coefficient (Wildman–Crippen LogP) is 2.00. The first-order valence-corrected chi connectivity index (χ1v) is 8.86. The van der Waals surface area contributed by atoms with Crippen LogP contribution in [0.2, 0.25) is 0 Å². The van der Waals surface area contributed by atoms with E-state index in [9.17, 15) is 15.0 Å². The molecule has 3 rings (SSSR count). The van der Waals surface area contributed by atoms with Crippen molar-refractivity contribution < 1.29 is 19.7 Å². The van der Waals surface area contributed by atoms with Crippen molar-refractivity contribution in [3.05, 3.63) is 41.1 Å². The molecule has 0 radical (unpaired) electrons. The quantitative estimate of drug-likeness (QED) is 0.827. The monoisotopic (exact) mass is 345 g/mol. The van der Waals surface area contributed by atoms with Crippen LogP contribution in [0.25, 0.3) is 0 Å². The molecule has 0 saturated carbocycles. The van der Waals surface area contributed by atoms with Crippen LogP contribution >= 0.6 is 0 Å². The molecule has 2 aliphatic rings. The number of amides is 1. The highest BCUT2D eigenvalue weighted by molar-refractivity contribution is 5.85. The molecule has 0 aromatic heterocycles. The van der Waals surface area contributed by atoms with E-state index < -0.39 is 6.10 Å². The van der Waals surface area contributed by atoms with Crippen LogP contribution in [0.1, 0.15) is 37.3 Å². The summed E-state index contributed by atoms with van der Waals surface area (Å²) in [6.45, 7) is 1.71. The fourth-order valence-corrected chi connectivity index (χ4v) is 4.20. The lowest BCUT2D eigenvalue weighted by Gasteiger charge is -2.37. The van der Waals surface area contributed by atoms with Gasteiger partial charge in [0.05, 0.1) is 19.8 Å². The minimum absolute atomic E-state index is 0.0300. The van der Waals surface area contributed by atoms with Gasteiger partial charge in [-0.25, -0.2) is 0 Å². The fourth-order valence-electron chi connectivity index (χ4n) is 4.20. The largest absolute Gasteiger partial charge is 0.497 e. The Kier molecular flexibility index (Phi) is 4.89. The maximum Gasteiger partial charge on any atom is 0.227 e. The number of hydrogen-bond acceptors (Lipinski definition) is 4. The van der Waals surface area contributed by atoms with Crippen molar-refractivity contribution in [2.75, 3.05) is 20.8 Å². The van der Waals surface area contributed by atoms with Gasteiger partial charge in [0.25, 0.3) is 0 Å². The van der Waals surface area contributed by atoms with E-state index in [1.807, 2.05) is 20.0 Å². The second kappa shape index (κ2) is 6.81. The highest BCUT2D eigenvalue weighted by Gasteiger charge is 2.49. The van der Waals surface area contributed by atoms with Gasteiger partial charge in [-0.15, -0.1) is 0 Å². The van der Waals surface area contributed by atoms with Crippen molar-refractivity contribution in [3.8, 4) is 5.75 Å². The molecule has 3 atom stereocenters. The van der Waals surface area contributed by atoms with E-state index in [4.69, 9.17) is 4.74 Å². The fraction of sp³-hybridized carbons (Fsp3) is 0.550. The number of likely N-dealkylation sites (N-methyl/N-ethyl adjacent to an activating group) is 1. The van der Waals surface area contributed by atoms with E-state index in [0.717, 1.165) is 36.3 Å². The van der Waals surface area contributed by atoms with Gasteiger partial charge in [-0.05, 0) is 48.4 Å². The second-order valence-corrected chi connectivity index (χ2v) is 7.29. The topological polar surface area (TPSA) is 70.0 Å². The Balaban J connectivity index is 2.00. The molecule has 25 heavy (non-hydrogen) atoms. The number of likely N-dealkylation sites (tertiary alicyclic amines) is 1. The van der Waals surface area contributed by atoms with E-state index in [0.29, 0.717) is 6.42 Å². The van der Waals surface area contributed by atoms with Gasteiger partial charge >= 0.3 is 0 Å². The van der Waals surface area contributed by atoms with Crippen LogP contribution in [0.15, 0.2) is 30.0 Å². The van der Waals surface area contributed by atoms with Gasteiger partial charge in [0.2, 0.25) is 5.91 Å². The van der Waals surface area contributed by atoms with Gasteiger partial charge in [0.1, 0.15) is 5.75 Å². The normalized spacial score (nSPS) is 24.4. The Labute approximate surface area is 148 Å². The highest BCUT2D eigenvalue weighted by atomic mass is 16.5. The van der Waals surface area contributed by atoms with Crippen LogP contribution in [0, 0.1) is 5.92 Å². The summed E-state index contributed by atoms with van der Waals surface area (Å²) in [5.74, 6) is 0.889. The molecule has 0 spiro atoms. The van der Waals surface area contributed by atoms with Gasteiger partial charge < -0.3 is 19.8 Å². The number of benzene rings is 1. The zero-order valence-electron chi connectivity index (χ0n) is 15.2. The maximum atomic E-state index is 12.5. The summed E-state index contributed by atoms with van der Waals surface area (Å²) in [6, 6.07) is 6.10. The van der Waals surface area contributed by atoms with Crippen molar-refractivity contribution in [1.82, 2.24) is 4.90 Å². The summed E-state index contributed by atoms with van der Waals surface area (Å²) in [5, 5.41) is 19.1. The summed E-state index contributed by atoms with van der Waals surface area (Å²) in [4.78, 5) is 14.3. The number of carbonyl (C=O) groups is 1. The molecule has 0 bridgehead atoms. The molecule has 1 aliphatic carbocycles. The van der Waals surface area contributed by atoms with Crippen LogP contribution in [0.4, 0.5) is 0 Å². The Morgan fingerprint density at radius 2 is 2.16 bits per heavy atom. The Morgan fingerprint density at radius 3 is 2.84 bits per heavy atom. The SMILES string of the molecule is COc1ccc2c(c1)C1(CCC(C)C(O)CO)CC(=O)N(C)C1=CC2. The van der Waals surface area contributed by atoms with E-state index in [-0.39, 0.29) is 23.8 Å². The number of hydrogen-bond donors (Lipinski definition) is 2. The standard InChI is InChI=1S/C20H27NO4/c1-13(17(23)12-22)8-9-20-11-19(24)21(2)18(20)7-5-14-4-6-15(25-3)10-16(14)20/h4,6-7,10,13,17,22-23H,5,8-9,11-12H2,1-3H3. The average molecular weight is 345 g/mol. The van der Waals surface area contributed by atoms with Gasteiger partial charge in [-0.2, -0.15) is 0 Å². The third-order valence-electron chi connectivity index (χ3n) is 5.90. The number of aliphatic hydroxyl groups excluding tert-OH is 2. The number of allylic oxidation sites excluding steroid dienone is 2. The first-order valence-electron chi connectivity index (χ1n) is 8.86. The molecule has 1 heterocycles. The lowest BCUT2D eigenvalue weighted by Crippen LogP contribution is -2.33. The number of methoxy groups -OCH3 is 1. The maximum absolute atomic E-state index is 12.5. The minimum atomic E-state index is -0.730. The highest BCUT2D eigenvalue weighted by Crippen LogP contribution is 2.51. The smallest absolute Gasteiger partial charge is 0.227 e. The van der Waals surface area contributed by atoms with Crippen molar-refractivity contribution >= 4 is 5.91 Å². The second-order valence-electron chi connectivity index (χ2n) is 7.29. The number of nitrogens with zero attached hydrogens (tertiary/aromatic N) is 1. The predicted molar refractivity (Wildman–Crippen MR) is 95.3 cm³/mol. The van der Waals surface area contributed by atoms with Crippen LogP contribution in [-0.4, -0.2) is 47.9 Å². The molecule has 1 fully saturated rings. The van der Waals surface area contributed by atoms with Gasteiger partial charge in [-0.1, -0.05) is 19.1 Å². The Bertz CT molecular complexity index is 699. The number of fused-ring (bicyclic) bond motifs is 3. The van der Waals surface area contributed by atoms with E-state index in [1.54, 1.807) is 12.0 Å². The molecule has 1 aliphatic heterocycles. The summed E-state index contributed by atoms with van der Waals surface area (Å²) in [5.41, 5.74) is 3.08. The summed E-state index contributed by atoms with van der Waals surface area (Å²) < 4.78 is 5.42. The zero-order valence-corrected chi connectivity index (χ0v) is 15.2. The van der Waals surface area contributed by atoms with Crippen LogP contribution in [0.3, 0.4) is 0 Å². The molecule has 5 heteroatoms. The summed E-state index contributed by atoms with van der Waals surface area (Å²) in [7, 11) is 3.49. The third kappa shape index (κ3) is 2.96. The van der Waals surface area contributed by atoms with E-state index in [1.165, 1.54) is 5.56 Å². The molecular weight excluding hydrogens is 318 g/mol. The molecular formula is C20H27NO4. The Hall–Kier alpha value is -1.85. The molecule has 1 saturated heterocycles.